The highest BCUT2D eigenvalue weighted by molar-refractivity contribution is 5.67. The van der Waals surface area contributed by atoms with E-state index in [-0.39, 0.29) is 6.61 Å². The molecule has 226 valence electrons. The Balaban J connectivity index is 1.59. The molecule has 0 spiro atoms. The summed E-state index contributed by atoms with van der Waals surface area (Å²) in [5.74, 6) is 0. The Morgan fingerprint density at radius 1 is 0.925 bits per heavy atom. The van der Waals surface area contributed by atoms with Crippen molar-refractivity contribution in [2.45, 2.75) is 80.2 Å². The first-order chi connectivity index (χ1) is 19.1. The lowest BCUT2D eigenvalue weighted by Crippen LogP contribution is -2.65. The summed E-state index contributed by atoms with van der Waals surface area (Å²) in [4.78, 5) is 12.3. The van der Waals surface area contributed by atoms with Crippen molar-refractivity contribution < 1.29 is 69.3 Å². The molecule has 1 amide bonds. The maximum Gasteiger partial charge on any atom is 0.407 e. The first-order valence-corrected chi connectivity index (χ1v) is 12.6. The van der Waals surface area contributed by atoms with E-state index in [0.29, 0.717) is 0 Å². The average molecular weight is 576 g/mol. The van der Waals surface area contributed by atoms with Crippen molar-refractivity contribution in [3.63, 3.8) is 0 Å². The van der Waals surface area contributed by atoms with Gasteiger partial charge in [-0.2, -0.15) is 0 Å². The number of benzene rings is 1. The van der Waals surface area contributed by atoms with Crippen LogP contribution in [0.25, 0.3) is 0 Å². The van der Waals surface area contributed by atoms with Crippen molar-refractivity contribution in [1.29, 1.82) is 0 Å². The molecule has 40 heavy (non-hydrogen) atoms. The van der Waals surface area contributed by atoms with Crippen molar-refractivity contribution >= 4 is 6.09 Å². The van der Waals surface area contributed by atoms with Crippen LogP contribution in [-0.2, 0) is 30.3 Å². The molecule has 1 aromatic carbocycles. The van der Waals surface area contributed by atoms with Crippen LogP contribution in [-0.4, -0.2) is 140 Å². The maximum absolute atomic E-state index is 12.3. The number of amides is 1. The quantitative estimate of drug-likeness (QED) is 0.110. The van der Waals surface area contributed by atoms with Gasteiger partial charge in [0.05, 0.1) is 32.0 Å². The zero-order chi connectivity index (χ0) is 29.4. The van der Waals surface area contributed by atoms with Crippen LogP contribution < -0.4 is 5.32 Å². The zero-order valence-corrected chi connectivity index (χ0v) is 21.5. The third kappa shape index (κ3) is 7.94. The van der Waals surface area contributed by atoms with E-state index in [1.807, 2.05) is 0 Å². The number of hydrogen-bond donors (Lipinski definition) is 9. The highest BCUT2D eigenvalue weighted by Crippen LogP contribution is 2.29. The van der Waals surface area contributed by atoms with Gasteiger partial charge in [0.1, 0.15) is 55.4 Å². The molecule has 2 aliphatic heterocycles. The Morgan fingerprint density at radius 2 is 1.55 bits per heavy atom. The Bertz CT molecular complexity index is 920. The third-order valence-electron chi connectivity index (χ3n) is 6.57. The molecule has 1 aromatic rings. The molecular weight excluding hydrogens is 538 g/mol. The second kappa shape index (κ2) is 15.1. The number of carbonyl (C=O) groups excluding carboxylic acids is 1. The standard InChI is InChI=1S/C25H37NO14/c1-2-14(29)13(26-25(35)37-10-12-6-4-3-5-7-12)11-36-23-21(34)19(32)22(16(9-28)39-23)40-24-20(33)18(31)17(30)15(8-27)38-24/h2-7,13-24,27-34H,1,8-11H2,(H,26,35)/t13-,14+,15?,16?,17-,18-,19+,20-,21-,22+,23?,24?/m0/s1. The fourth-order valence-electron chi connectivity index (χ4n) is 4.20. The van der Waals surface area contributed by atoms with Crippen molar-refractivity contribution in [2.24, 2.45) is 0 Å². The number of ether oxygens (including phenoxy) is 5. The summed E-state index contributed by atoms with van der Waals surface area (Å²) >= 11 is 0. The predicted molar refractivity (Wildman–Crippen MR) is 132 cm³/mol. The normalized spacial score (nSPS) is 35.9. The van der Waals surface area contributed by atoms with E-state index >= 15 is 0 Å². The van der Waals surface area contributed by atoms with E-state index in [1.165, 1.54) is 0 Å². The van der Waals surface area contributed by atoms with E-state index in [2.05, 4.69) is 11.9 Å². The topological polar surface area (TPSA) is 237 Å². The van der Waals surface area contributed by atoms with Gasteiger partial charge >= 0.3 is 6.09 Å². The maximum atomic E-state index is 12.3. The van der Waals surface area contributed by atoms with Crippen LogP contribution >= 0.6 is 0 Å². The monoisotopic (exact) mass is 575 g/mol. The number of nitrogens with one attached hydrogen (secondary N) is 1. The second-order valence-corrected chi connectivity index (χ2v) is 9.38. The first-order valence-electron chi connectivity index (χ1n) is 12.6. The molecule has 9 N–H and O–H groups in total. The SMILES string of the molecule is C=C[C@@H](O)[C@H](COC1OC(CO)[C@@H](OC2OC(CO)[C@H](O)[C@H](O)[C@@H]2O)[C@H](O)[C@@H]1O)NC(=O)OCc1ccccc1. The summed E-state index contributed by atoms with van der Waals surface area (Å²) in [6.07, 6.45) is -17.2. The molecule has 2 heterocycles. The Hall–Kier alpha value is -2.25. The molecule has 2 fully saturated rings. The zero-order valence-electron chi connectivity index (χ0n) is 21.5. The summed E-state index contributed by atoms with van der Waals surface area (Å²) in [6, 6.07) is 7.76. The van der Waals surface area contributed by atoms with E-state index in [4.69, 9.17) is 23.7 Å². The van der Waals surface area contributed by atoms with E-state index < -0.39 is 99.5 Å². The summed E-state index contributed by atoms with van der Waals surface area (Å²) in [6.45, 7) is 1.52. The van der Waals surface area contributed by atoms with Gasteiger partial charge in [-0.1, -0.05) is 36.4 Å². The first kappa shape index (κ1) is 32.3. The molecule has 4 unspecified atom stereocenters. The number of aliphatic hydroxyl groups is 8. The minimum atomic E-state index is -1.80. The Kier molecular flexibility index (Phi) is 12.2. The molecule has 0 aliphatic carbocycles. The minimum absolute atomic E-state index is 0.0326. The van der Waals surface area contributed by atoms with Crippen molar-refractivity contribution in [2.75, 3.05) is 19.8 Å². The van der Waals surface area contributed by atoms with E-state index in [1.54, 1.807) is 30.3 Å². The summed E-state index contributed by atoms with van der Waals surface area (Å²) in [7, 11) is 0. The van der Waals surface area contributed by atoms with Crippen LogP contribution in [0, 0.1) is 0 Å². The van der Waals surface area contributed by atoms with Gasteiger partial charge in [0.15, 0.2) is 12.6 Å². The fraction of sp³-hybridized carbons (Fsp3) is 0.640. The van der Waals surface area contributed by atoms with Crippen LogP contribution in [0.2, 0.25) is 0 Å². The highest BCUT2D eigenvalue weighted by atomic mass is 16.7. The van der Waals surface area contributed by atoms with Crippen LogP contribution in [0.1, 0.15) is 5.56 Å². The van der Waals surface area contributed by atoms with E-state index in [9.17, 15) is 45.6 Å². The van der Waals surface area contributed by atoms with Gasteiger partial charge in [-0.25, -0.2) is 4.79 Å². The predicted octanol–water partition coefficient (Wildman–Crippen LogP) is -3.53. The Morgan fingerprint density at radius 3 is 2.17 bits per heavy atom. The summed E-state index contributed by atoms with van der Waals surface area (Å²) < 4.78 is 26.9. The lowest BCUT2D eigenvalue weighted by Gasteiger charge is -2.46. The number of rotatable bonds is 12. The smallest absolute Gasteiger partial charge is 0.407 e. The molecule has 12 atom stereocenters. The second-order valence-electron chi connectivity index (χ2n) is 9.38. The fourth-order valence-corrected chi connectivity index (χ4v) is 4.20. The van der Waals surface area contributed by atoms with Gasteiger partial charge in [0.25, 0.3) is 0 Å². The molecule has 15 heteroatoms. The largest absolute Gasteiger partial charge is 0.445 e. The van der Waals surface area contributed by atoms with Crippen LogP contribution in [0.15, 0.2) is 43.0 Å². The minimum Gasteiger partial charge on any atom is -0.445 e. The van der Waals surface area contributed by atoms with Crippen LogP contribution in [0.5, 0.6) is 0 Å². The van der Waals surface area contributed by atoms with Gasteiger partial charge in [0, 0.05) is 0 Å². The molecule has 15 nitrogen and oxygen atoms in total. The van der Waals surface area contributed by atoms with Crippen molar-refractivity contribution in [3.05, 3.63) is 48.6 Å². The Labute approximate surface area is 229 Å². The molecule has 3 rings (SSSR count). The number of aliphatic hydroxyl groups excluding tert-OH is 8. The van der Waals surface area contributed by atoms with Crippen molar-refractivity contribution in [3.8, 4) is 0 Å². The van der Waals surface area contributed by atoms with Gasteiger partial charge in [-0.3, -0.25) is 0 Å². The van der Waals surface area contributed by atoms with E-state index in [0.717, 1.165) is 11.6 Å². The molecule has 0 aromatic heterocycles. The van der Waals surface area contributed by atoms with Crippen LogP contribution in [0.3, 0.4) is 0 Å². The lowest BCUT2D eigenvalue weighted by atomic mass is 9.97. The summed E-state index contributed by atoms with van der Waals surface area (Å²) in [5.41, 5.74) is 0.734. The van der Waals surface area contributed by atoms with Crippen LogP contribution in [0.4, 0.5) is 4.79 Å². The van der Waals surface area contributed by atoms with Gasteiger partial charge < -0.3 is 69.9 Å². The molecule has 2 saturated heterocycles. The van der Waals surface area contributed by atoms with Gasteiger partial charge in [-0.15, -0.1) is 6.58 Å². The molecule has 0 saturated carbocycles. The van der Waals surface area contributed by atoms with Gasteiger partial charge in [-0.05, 0) is 5.56 Å². The number of alkyl carbamates (subject to hydrolysis) is 1. The third-order valence-corrected chi connectivity index (χ3v) is 6.57. The average Bonchev–Trinajstić information content (AvgIpc) is 2.97. The van der Waals surface area contributed by atoms with Crippen molar-refractivity contribution in [1.82, 2.24) is 5.32 Å². The number of carbonyl (C=O) groups is 1. The highest BCUT2D eigenvalue weighted by Gasteiger charge is 2.50. The summed E-state index contributed by atoms with van der Waals surface area (Å²) in [5, 5.41) is 83.3. The van der Waals surface area contributed by atoms with Gasteiger partial charge in [0.2, 0.25) is 0 Å². The molecular formula is C25H37NO14. The molecule has 0 bridgehead atoms. The molecule has 0 radical (unpaired) electrons. The lowest BCUT2D eigenvalue weighted by molar-refractivity contribution is -0.359. The molecule has 2 aliphatic rings. The number of hydrogen-bond acceptors (Lipinski definition) is 14.